The normalized spacial score (nSPS) is 10.4. The highest BCUT2D eigenvalue weighted by atomic mass is 79.9. The third-order valence-corrected chi connectivity index (χ3v) is 4.58. The van der Waals surface area contributed by atoms with Gasteiger partial charge in [0, 0.05) is 0 Å². The third-order valence-electron chi connectivity index (χ3n) is 2.95. The molecule has 0 bridgehead atoms. The molecule has 122 valence electrons. The van der Waals surface area contributed by atoms with Crippen LogP contribution in [0.5, 0.6) is 0 Å². The van der Waals surface area contributed by atoms with E-state index < -0.39 is 0 Å². The van der Waals surface area contributed by atoms with Crippen molar-refractivity contribution in [2.75, 3.05) is 11.9 Å². The van der Waals surface area contributed by atoms with Gasteiger partial charge in [0.2, 0.25) is 5.91 Å². The number of hydrogen-bond donors (Lipinski definition) is 2. The average molecular weight is 406 g/mol. The van der Waals surface area contributed by atoms with Crippen LogP contribution in [0.1, 0.15) is 9.67 Å². The van der Waals surface area contributed by atoms with Crippen molar-refractivity contribution in [2.45, 2.75) is 0 Å². The Morgan fingerprint density at radius 1 is 1.17 bits per heavy atom. The summed E-state index contributed by atoms with van der Waals surface area (Å²) in [5.74, 6) is -0.357. The van der Waals surface area contributed by atoms with Crippen molar-refractivity contribution in [1.29, 1.82) is 0 Å². The zero-order valence-electron chi connectivity index (χ0n) is 12.3. The standard InChI is InChI=1S/C15H12BrN5O2S/c16-12-7-6-11(24-12)15(23)17-9-14(22)19-13-8-18-21(20-13)10-4-2-1-3-5-10/h1-8H,9H2,(H,17,23)(H,19,20,22). The molecule has 0 spiro atoms. The number of para-hydroxylation sites is 1. The summed E-state index contributed by atoms with van der Waals surface area (Å²) in [6, 6.07) is 12.8. The summed E-state index contributed by atoms with van der Waals surface area (Å²) in [6.07, 6.45) is 1.45. The van der Waals surface area contributed by atoms with Crippen molar-refractivity contribution < 1.29 is 9.59 Å². The van der Waals surface area contributed by atoms with Crippen LogP contribution in [-0.2, 0) is 4.79 Å². The first-order valence-corrected chi connectivity index (χ1v) is 8.54. The summed E-state index contributed by atoms with van der Waals surface area (Å²) in [5, 5.41) is 13.4. The largest absolute Gasteiger partial charge is 0.342 e. The molecule has 24 heavy (non-hydrogen) atoms. The fraction of sp³-hybridized carbons (Fsp3) is 0.0667. The third kappa shape index (κ3) is 4.06. The first-order chi connectivity index (χ1) is 11.6. The van der Waals surface area contributed by atoms with Gasteiger partial charge in [-0.15, -0.1) is 21.2 Å². The number of aromatic nitrogens is 3. The van der Waals surface area contributed by atoms with Crippen LogP contribution in [0, 0.1) is 0 Å². The lowest BCUT2D eigenvalue weighted by molar-refractivity contribution is -0.115. The van der Waals surface area contributed by atoms with E-state index in [1.807, 2.05) is 30.3 Å². The van der Waals surface area contributed by atoms with E-state index in [1.54, 1.807) is 12.1 Å². The Bertz CT molecular complexity index is 862. The number of nitrogens with zero attached hydrogens (tertiary/aromatic N) is 3. The second kappa shape index (κ2) is 7.37. The Balaban J connectivity index is 1.54. The second-order valence-electron chi connectivity index (χ2n) is 4.69. The summed E-state index contributed by atoms with van der Waals surface area (Å²) in [6.45, 7) is -0.146. The number of halogens is 1. The van der Waals surface area contributed by atoms with Gasteiger partial charge in [0.05, 0.1) is 27.1 Å². The predicted molar refractivity (Wildman–Crippen MR) is 94.3 cm³/mol. The van der Waals surface area contributed by atoms with Crippen molar-refractivity contribution >= 4 is 44.9 Å². The molecule has 0 radical (unpaired) electrons. The molecule has 2 aromatic heterocycles. The van der Waals surface area contributed by atoms with Gasteiger partial charge in [-0.1, -0.05) is 18.2 Å². The summed E-state index contributed by atoms with van der Waals surface area (Å²) in [4.78, 5) is 25.7. The number of thiophene rings is 1. The van der Waals surface area contributed by atoms with Crippen LogP contribution >= 0.6 is 27.3 Å². The number of rotatable bonds is 5. The van der Waals surface area contributed by atoms with Crippen LogP contribution in [0.4, 0.5) is 5.82 Å². The molecule has 3 rings (SSSR count). The van der Waals surface area contributed by atoms with Gasteiger partial charge < -0.3 is 10.6 Å². The molecule has 2 amide bonds. The van der Waals surface area contributed by atoms with E-state index in [1.165, 1.54) is 22.3 Å². The van der Waals surface area contributed by atoms with Crippen LogP contribution < -0.4 is 10.6 Å². The molecule has 0 aliphatic carbocycles. The molecule has 1 aromatic carbocycles. The quantitative estimate of drug-likeness (QED) is 0.682. The molecule has 0 unspecified atom stereocenters. The van der Waals surface area contributed by atoms with E-state index in [-0.39, 0.29) is 18.4 Å². The molecule has 7 nitrogen and oxygen atoms in total. The molecular weight excluding hydrogens is 394 g/mol. The zero-order valence-corrected chi connectivity index (χ0v) is 14.7. The van der Waals surface area contributed by atoms with Crippen molar-refractivity contribution in [3.63, 3.8) is 0 Å². The van der Waals surface area contributed by atoms with Gasteiger partial charge in [0.25, 0.3) is 5.91 Å². The second-order valence-corrected chi connectivity index (χ2v) is 7.15. The Labute approximate surface area is 149 Å². The highest BCUT2D eigenvalue weighted by Crippen LogP contribution is 2.21. The lowest BCUT2D eigenvalue weighted by Gasteiger charge is -2.03. The Morgan fingerprint density at radius 3 is 2.67 bits per heavy atom. The highest BCUT2D eigenvalue weighted by Gasteiger charge is 2.11. The van der Waals surface area contributed by atoms with Crippen LogP contribution in [0.3, 0.4) is 0 Å². The maximum atomic E-state index is 11.9. The highest BCUT2D eigenvalue weighted by molar-refractivity contribution is 9.11. The van der Waals surface area contributed by atoms with E-state index in [9.17, 15) is 9.59 Å². The van der Waals surface area contributed by atoms with Gasteiger partial charge in [-0.25, -0.2) is 0 Å². The Hall–Kier alpha value is -2.52. The van der Waals surface area contributed by atoms with Gasteiger partial charge >= 0.3 is 0 Å². The predicted octanol–water partition coefficient (Wildman–Crippen LogP) is 2.46. The smallest absolute Gasteiger partial charge is 0.261 e. The van der Waals surface area contributed by atoms with Crippen LogP contribution in [0.2, 0.25) is 0 Å². The van der Waals surface area contributed by atoms with Gasteiger partial charge in [-0.05, 0) is 40.2 Å². The molecular formula is C15H12BrN5O2S. The van der Waals surface area contributed by atoms with E-state index in [0.717, 1.165) is 9.47 Å². The topological polar surface area (TPSA) is 88.9 Å². The van der Waals surface area contributed by atoms with Crippen LogP contribution in [-0.4, -0.2) is 33.4 Å². The van der Waals surface area contributed by atoms with E-state index in [2.05, 4.69) is 36.8 Å². The number of nitrogens with one attached hydrogen (secondary N) is 2. The summed E-state index contributed by atoms with van der Waals surface area (Å²) in [7, 11) is 0. The molecule has 0 saturated carbocycles. The Kier molecular flexibility index (Phi) is 5.02. The maximum Gasteiger partial charge on any atom is 0.261 e. The molecule has 0 atom stereocenters. The van der Waals surface area contributed by atoms with Gasteiger partial charge in [0.1, 0.15) is 0 Å². The summed E-state index contributed by atoms with van der Waals surface area (Å²) >= 11 is 4.59. The minimum absolute atomic E-state index is 0.146. The number of carbonyl (C=O) groups is 2. The molecule has 0 fully saturated rings. The van der Waals surface area contributed by atoms with Gasteiger partial charge in [-0.2, -0.15) is 5.10 Å². The average Bonchev–Trinajstić information content (AvgIpc) is 3.23. The minimum Gasteiger partial charge on any atom is -0.342 e. The monoisotopic (exact) mass is 405 g/mol. The van der Waals surface area contributed by atoms with Crippen molar-refractivity contribution in [2.24, 2.45) is 0 Å². The van der Waals surface area contributed by atoms with E-state index in [4.69, 9.17) is 0 Å². The fourth-order valence-electron chi connectivity index (χ4n) is 1.88. The Morgan fingerprint density at radius 2 is 1.96 bits per heavy atom. The van der Waals surface area contributed by atoms with E-state index in [0.29, 0.717) is 10.7 Å². The number of anilines is 1. The number of carbonyl (C=O) groups excluding carboxylic acids is 2. The maximum absolute atomic E-state index is 11.9. The number of amides is 2. The lowest BCUT2D eigenvalue weighted by Crippen LogP contribution is -2.32. The van der Waals surface area contributed by atoms with Crippen molar-refractivity contribution in [3.8, 4) is 5.69 Å². The molecule has 2 heterocycles. The van der Waals surface area contributed by atoms with Crippen LogP contribution in [0.25, 0.3) is 5.69 Å². The van der Waals surface area contributed by atoms with Crippen molar-refractivity contribution in [3.05, 3.63) is 57.3 Å². The number of hydrogen-bond acceptors (Lipinski definition) is 5. The number of benzene rings is 1. The molecule has 0 aliphatic heterocycles. The zero-order chi connectivity index (χ0) is 16.9. The van der Waals surface area contributed by atoms with Gasteiger partial charge in [0.15, 0.2) is 5.82 Å². The molecule has 3 aromatic rings. The molecule has 2 N–H and O–H groups in total. The van der Waals surface area contributed by atoms with Crippen molar-refractivity contribution in [1.82, 2.24) is 20.3 Å². The summed E-state index contributed by atoms with van der Waals surface area (Å²) < 4.78 is 0.856. The fourth-order valence-corrected chi connectivity index (χ4v) is 3.18. The summed E-state index contributed by atoms with van der Waals surface area (Å²) in [5.41, 5.74) is 0.787. The first-order valence-electron chi connectivity index (χ1n) is 6.93. The lowest BCUT2D eigenvalue weighted by atomic mass is 10.3. The molecule has 9 heteroatoms. The minimum atomic E-state index is -0.376. The van der Waals surface area contributed by atoms with Crippen LogP contribution in [0.15, 0.2) is 52.4 Å². The first kappa shape index (κ1) is 16.3. The van der Waals surface area contributed by atoms with E-state index >= 15 is 0 Å². The SMILES string of the molecule is O=C(CNC(=O)c1ccc(Br)s1)Nc1cnn(-c2ccccc2)n1. The molecule has 0 saturated heterocycles. The van der Waals surface area contributed by atoms with Gasteiger partial charge in [-0.3, -0.25) is 9.59 Å². The molecule has 0 aliphatic rings.